The Balaban J connectivity index is 1.63. The van der Waals surface area contributed by atoms with Crippen molar-refractivity contribution in [3.8, 4) is 22.8 Å². The number of carbonyl (C=O) groups excluding carboxylic acids is 1. The second kappa shape index (κ2) is 11.2. The average molecular weight is 523 g/mol. The molecule has 4 N–H and O–H groups in total. The lowest BCUT2D eigenvalue weighted by Gasteiger charge is -2.30. The van der Waals surface area contributed by atoms with E-state index in [9.17, 15) is 14.3 Å². The number of methoxy groups -OCH3 is 1. The van der Waals surface area contributed by atoms with E-state index in [4.69, 9.17) is 25.3 Å². The minimum absolute atomic E-state index is 0.0243. The van der Waals surface area contributed by atoms with Crippen LogP contribution in [0.2, 0.25) is 0 Å². The maximum Gasteiger partial charge on any atom is 0.163 e. The summed E-state index contributed by atoms with van der Waals surface area (Å²) in [5.41, 5.74) is 7.41. The number of pyridine rings is 1. The van der Waals surface area contributed by atoms with Crippen molar-refractivity contribution in [3.05, 3.63) is 77.2 Å². The van der Waals surface area contributed by atoms with E-state index in [1.807, 2.05) is 26.0 Å². The minimum atomic E-state index is -1.32. The van der Waals surface area contributed by atoms with Gasteiger partial charge in [-0.05, 0) is 99.2 Å². The first-order valence-electron chi connectivity index (χ1n) is 12.8. The summed E-state index contributed by atoms with van der Waals surface area (Å²) >= 11 is 0. The van der Waals surface area contributed by atoms with Gasteiger partial charge >= 0.3 is 0 Å². The van der Waals surface area contributed by atoms with E-state index < -0.39 is 11.1 Å². The molecule has 0 bridgehead atoms. The topological polar surface area (TPSA) is 115 Å². The van der Waals surface area contributed by atoms with Gasteiger partial charge < -0.3 is 25.4 Å². The Morgan fingerprint density at radius 2 is 1.82 bits per heavy atom. The Kier molecular flexibility index (Phi) is 8.16. The largest absolute Gasteiger partial charge is 0.493 e. The number of aliphatic hydroxyl groups is 2. The van der Waals surface area contributed by atoms with Gasteiger partial charge in [0.1, 0.15) is 18.0 Å². The fourth-order valence-electron chi connectivity index (χ4n) is 4.56. The molecule has 1 aliphatic rings. The van der Waals surface area contributed by atoms with Crippen LogP contribution in [0.3, 0.4) is 0 Å². The van der Waals surface area contributed by atoms with Crippen LogP contribution in [0.5, 0.6) is 11.5 Å². The molecule has 0 amide bonds. The van der Waals surface area contributed by atoms with Crippen LogP contribution in [-0.2, 0) is 11.1 Å². The van der Waals surface area contributed by atoms with Gasteiger partial charge in [0.05, 0.1) is 25.1 Å². The normalized spacial score (nSPS) is 15.1. The van der Waals surface area contributed by atoms with E-state index in [1.165, 1.54) is 19.2 Å². The summed E-state index contributed by atoms with van der Waals surface area (Å²) in [7, 11) is 1.48. The third kappa shape index (κ3) is 6.20. The quantitative estimate of drug-likeness (QED) is 0.295. The van der Waals surface area contributed by atoms with Crippen molar-refractivity contribution in [2.45, 2.75) is 50.7 Å². The van der Waals surface area contributed by atoms with Crippen LogP contribution < -0.4 is 15.2 Å². The van der Waals surface area contributed by atoms with Crippen LogP contribution in [0.1, 0.15) is 61.1 Å². The lowest BCUT2D eigenvalue weighted by atomic mass is 9.83. The number of hydrogen-bond acceptors (Lipinski definition) is 7. The summed E-state index contributed by atoms with van der Waals surface area (Å²) in [6.45, 7) is 3.73. The smallest absolute Gasteiger partial charge is 0.163 e. The average Bonchev–Trinajstić information content (AvgIpc) is 3.76. The van der Waals surface area contributed by atoms with Gasteiger partial charge in [-0.15, -0.1) is 0 Å². The van der Waals surface area contributed by atoms with Gasteiger partial charge in [0, 0.05) is 23.1 Å². The monoisotopic (exact) mass is 522 g/mol. The van der Waals surface area contributed by atoms with Crippen molar-refractivity contribution >= 4 is 5.78 Å². The molecular weight excluding hydrogens is 487 g/mol. The number of benzene rings is 2. The molecule has 1 heterocycles. The third-order valence-corrected chi connectivity index (χ3v) is 6.97. The lowest BCUT2D eigenvalue weighted by molar-refractivity contribution is -0.00118. The molecule has 202 valence electrons. The summed E-state index contributed by atoms with van der Waals surface area (Å²) in [4.78, 5) is 18.0. The van der Waals surface area contributed by atoms with Crippen LogP contribution in [-0.4, -0.2) is 41.3 Å². The second-order valence-corrected chi connectivity index (χ2v) is 10.4. The number of hydrogen-bond donors (Lipinski definition) is 3. The fourth-order valence-corrected chi connectivity index (χ4v) is 4.56. The van der Waals surface area contributed by atoms with Crippen LogP contribution in [0.4, 0.5) is 4.39 Å². The van der Waals surface area contributed by atoms with Crippen molar-refractivity contribution in [2.75, 3.05) is 20.3 Å². The predicted molar refractivity (Wildman–Crippen MR) is 143 cm³/mol. The summed E-state index contributed by atoms with van der Waals surface area (Å²) < 4.78 is 24.4. The van der Waals surface area contributed by atoms with Crippen LogP contribution in [0.15, 0.2) is 54.6 Å². The van der Waals surface area contributed by atoms with Gasteiger partial charge in [-0.3, -0.25) is 4.79 Å². The zero-order valence-corrected chi connectivity index (χ0v) is 22.0. The molecule has 2 aromatic carbocycles. The van der Waals surface area contributed by atoms with Crippen molar-refractivity contribution < 1.29 is 28.9 Å². The van der Waals surface area contributed by atoms with Gasteiger partial charge in [0.2, 0.25) is 0 Å². The zero-order chi connectivity index (χ0) is 27.5. The van der Waals surface area contributed by atoms with E-state index in [2.05, 4.69) is 0 Å². The lowest BCUT2D eigenvalue weighted by Crippen LogP contribution is -2.33. The SMILES string of the molecule is COc1cc(C(=O)CCC(O)(c2cc(C(C)(C)N)cc(-c3ccc(F)cc3)n2)C2CC2)ccc1OCCO. The van der Waals surface area contributed by atoms with Crippen LogP contribution in [0.25, 0.3) is 11.3 Å². The molecule has 1 saturated carbocycles. The van der Waals surface area contributed by atoms with Crippen molar-refractivity contribution in [2.24, 2.45) is 11.7 Å². The van der Waals surface area contributed by atoms with E-state index in [1.54, 1.807) is 30.3 Å². The van der Waals surface area contributed by atoms with Crippen molar-refractivity contribution in [1.82, 2.24) is 4.98 Å². The minimum Gasteiger partial charge on any atom is -0.493 e. The first kappa shape index (κ1) is 27.7. The molecule has 1 aromatic heterocycles. The molecule has 0 saturated heterocycles. The van der Waals surface area contributed by atoms with E-state index in [0.717, 1.165) is 18.4 Å². The van der Waals surface area contributed by atoms with Crippen molar-refractivity contribution in [1.29, 1.82) is 0 Å². The number of rotatable bonds is 12. The van der Waals surface area contributed by atoms with Gasteiger partial charge in [-0.1, -0.05) is 0 Å². The summed E-state index contributed by atoms with van der Waals surface area (Å²) in [5, 5.41) is 21.0. The molecule has 0 aliphatic heterocycles. The Morgan fingerprint density at radius 3 is 2.42 bits per heavy atom. The van der Waals surface area contributed by atoms with E-state index in [-0.39, 0.29) is 43.6 Å². The molecule has 1 atom stereocenters. The highest BCUT2D eigenvalue weighted by atomic mass is 19.1. The molecule has 1 fully saturated rings. The third-order valence-electron chi connectivity index (χ3n) is 6.97. The van der Waals surface area contributed by atoms with E-state index >= 15 is 0 Å². The highest BCUT2D eigenvalue weighted by Crippen LogP contribution is 2.49. The standard InChI is InChI=1S/C30H35FN2O5/c1-29(2,32)22-17-24(19-4-9-23(31)10-5-19)33-28(18-22)30(36,21-7-8-21)13-12-25(35)20-6-11-26(38-15-14-34)27(16-20)37-3/h4-6,9-11,16-18,21,34,36H,7-8,12-15,32H2,1-3H3. The summed E-state index contributed by atoms with van der Waals surface area (Å²) in [5.74, 6) is 0.312. The Hall–Kier alpha value is -3.33. The number of carbonyl (C=O) groups is 1. The molecule has 0 radical (unpaired) electrons. The van der Waals surface area contributed by atoms with Crippen LogP contribution >= 0.6 is 0 Å². The number of aliphatic hydroxyl groups excluding tert-OH is 1. The number of aromatic nitrogens is 1. The molecule has 1 unspecified atom stereocenters. The molecule has 3 aromatic rings. The number of nitrogens with two attached hydrogens (primary N) is 1. The molecule has 4 rings (SSSR count). The number of ether oxygens (including phenoxy) is 2. The molecule has 1 aliphatic carbocycles. The zero-order valence-electron chi connectivity index (χ0n) is 22.0. The molecule has 8 heteroatoms. The Bertz CT molecular complexity index is 1280. The van der Waals surface area contributed by atoms with E-state index in [0.29, 0.717) is 34.0 Å². The van der Waals surface area contributed by atoms with Gasteiger partial charge in [-0.25, -0.2) is 9.37 Å². The maximum atomic E-state index is 13.6. The first-order chi connectivity index (χ1) is 18.0. The predicted octanol–water partition coefficient (Wildman–Crippen LogP) is 4.72. The number of Topliss-reactive ketones (excluding diaryl/α,β-unsaturated/α-hetero) is 1. The first-order valence-corrected chi connectivity index (χ1v) is 12.8. The molecule has 0 spiro atoms. The number of ketones is 1. The highest BCUT2D eigenvalue weighted by molar-refractivity contribution is 5.96. The van der Waals surface area contributed by atoms with Gasteiger partial charge in [-0.2, -0.15) is 0 Å². The fraction of sp³-hybridized carbons (Fsp3) is 0.400. The Labute approximate surface area is 222 Å². The highest BCUT2D eigenvalue weighted by Gasteiger charge is 2.46. The Morgan fingerprint density at radius 1 is 1.11 bits per heavy atom. The molecule has 38 heavy (non-hydrogen) atoms. The second-order valence-electron chi connectivity index (χ2n) is 10.4. The van der Waals surface area contributed by atoms with Crippen molar-refractivity contribution in [3.63, 3.8) is 0 Å². The maximum absolute atomic E-state index is 13.6. The number of halogens is 1. The molecular formula is C30H35FN2O5. The van der Waals surface area contributed by atoms with Gasteiger partial charge in [0.25, 0.3) is 0 Å². The van der Waals surface area contributed by atoms with Crippen LogP contribution in [0, 0.1) is 11.7 Å². The summed E-state index contributed by atoms with van der Waals surface area (Å²) in [6.07, 6.45) is 1.95. The molecule has 7 nitrogen and oxygen atoms in total. The van der Waals surface area contributed by atoms with Gasteiger partial charge in [0.15, 0.2) is 17.3 Å². The number of nitrogens with zero attached hydrogens (tertiary/aromatic N) is 1. The summed E-state index contributed by atoms with van der Waals surface area (Å²) in [6, 6.07) is 14.6.